The summed E-state index contributed by atoms with van der Waals surface area (Å²) >= 11 is 6.12. The van der Waals surface area contributed by atoms with E-state index in [-0.39, 0.29) is 33.2 Å². The molecule has 0 fully saturated rings. The molecule has 3 rings (SSSR count). The van der Waals surface area contributed by atoms with Gasteiger partial charge in [-0.05, 0) is 42.8 Å². The van der Waals surface area contributed by atoms with Crippen molar-refractivity contribution < 1.29 is 30.7 Å². The lowest BCUT2D eigenvalue weighted by Gasteiger charge is -2.16. The molecule has 0 saturated heterocycles. The second-order valence-electron chi connectivity index (χ2n) is 5.83. The van der Waals surface area contributed by atoms with Crippen LogP contribution in [0.25, 0.3) is 22.2 Å². The molecule has 0 radical (unpaired) electrons. The first kappa shape index (κ1) is 19.4. The van der Waals surface area contributed by atoms with Gasteiger partial charge in [-0.3, -0.25) is 0 Å². The van der Waals surface area contributed by atoms with Crippen molar-refractivity contribution in [2.45, 2.75) is 19.3 Å². The zero-order chi connectivity index (χ0) is 20.1. The van der Waals surface area contributed by atoms with Crippen LogP contribution >= 0.6 is 11.6 Å². The van der Waals surface area contributed by atoms with E-state index in [0.717, 1.165) is 6.07 Å². The van der Waals surface area contributed by atoms with Crippen LogP contribution in [0.2, 0.25) is 5.02 Å². The first-order valence-corrected chi connectivity index (χ1v) is 7.81. The van der Waals surface area contributed by atoms with Crippen molar-refractivity contribution in [3.05, 3.63) is 63.9 Å². The van der Waals surface area contributed by atoms with Gasteiger partial charge >= 0.3 is 12.4 Å². The Hall–Kier alpha value is -2.35. The molecule has 0 aliphatic rings. The van der Waals surface area contributed by atoms with E-state index in [1.807, 2.05) is 0 Å². The highest BCUT2D eigenvalue weighted by Gasteiger charge is 2.37. The van der Waals surface area contributed by atoms with Gasteiger partial charge in [0.2, 0.25) is 0 Å². The Kier molecular flexibility index (Phi) is 4.58. The van der Waals surface area contributed by atoms with Gasteiger partial charge in [-0.1, -0.05) is 17.7 Å². The highest BCUT2D eigenvalue weighted by molar-refractivity contribution is 6.36. The van der Waals surface area contributed by atoms with Gasteiger partial charge in [-0.25, -0.2) is 9.37 Å². The van der Waals surface area contributed by atoms with Crippen LogP contribution < -0.4 is 0 Å². The smallest absolute Gasteiger partial charge is 0.247 e. The number of alkyl halides is 6. The molecule has 0 unspecified atom stereocenters. The topological polar surface area (TPSA) is 12.9 Å². The van der Waals surface area contributed by atoms with Crippen LogP contribution in [0.5, 0.6) is 0 Å². The summed E-state index contributed by atoms with van der Waals surface area (Å²) in [5.74, 6) is -0.695. The monoisotopic (exact) mass is 407 g/mol. The second kappa shape index (κ2) is 6.37. The van der Waals surface area contributed by atoms with Crippen LogP contribution in [0.1, 0.15) is 16.7 Å². The third kappa shape index (κ3) is 3.58. The predicted octanol–water partition coefficient (Wildman–Crippen LogP) is 7.04. The molecule has 142 valence electrons. The Balaban J connectivity index is 2.35. The maximum Gasteiger partial charge on any atom is 0.416 e. The van der Waals surface area contributed by atoms with Crippen molar-refractivity contribution >= 4 is 22.5 Å². The normalized spacial score (nSPS) is 12.6. The lowest BCUT2D eigenvalue weighted by atomic mass is 9.98. The van der Waals surface area contributed by atoms with Gasteiger partial charge in [0, 0.05) is 5.56 Å². The number of benzene rings is 2. The Morgan fingerprint density at radius 2 is 1.44 bits per heavy atom. The molecule has 0 amide bonds. The molecule has 0 bridgehead atoms. The van der Waals surface area contributed by atoms with E-state index in [4.69, 9.17) is 11.6 Å². The van der Waals surface area contributed by atoms with Crippen LogP contribution in [0.4, 0.5) is 30.7 Å². The van der Waals surface area contributed by atoms with Crippen molar-refractivity contribution in [2.24, 2.45) is 0 Å². The molecular weight excluding hydrogens is 399 g/mol. The first-order chi connectivity index (χ1) is 12.4. The van der Waals surface area contributed by atoms with Gasteiger partial charge in [0.05, 0.1) is 32.7 Å². The Bertz CT molecular complexity index is 1010. The average molecular weight is 408 g/mol. The Morgan fingerprint density at radius 3 is 1.96 bits per heavy atom. The van der Waals surface area contributed by atoms with Gasteiger partial charge < -0.3 is 0 Å². The van der Waals surface area contributed by atoms with Crippen molar-refractivity contribution in [3.63, 3.8) is 0 Å². The maximum absolute atomic E-state index is 14.0. The fourth-order valence-corrected chi connectivity index (χ4v) is 2.97. The molecule has 27 heavy (non-hydrogen) atoms. The second-order valence-corrected chi connectivity index (χ2v) is 6.21. The molecule has 3 aromatic rings. The van der Waals surface area contributed by atoms with Gasteiger partial charge in [-0.2, -0.15) is 26.3 Å². The van der Waals surface area contributed by atoms with Crippen molar-refractivity contribution in [2.75, 3.05) is 0 Å². The highest BCUT2D eigenvalue weighted by atomic mass is 35.5. The number of hydrogen-bond acceptors (Lipinski definition) is 1. The number of fused-ring (bicyclic) bond motifs is 1. The maximum atomic E-state index is 14.0. The molecule has 0 aliphatic heterocycles. The molecule has 0 aliphatic carbocycles. The van der Waals surface area contributed by atoms with E-state index in [9.17, 15) is 30.7 Å². The molecule has 1 aromatic heterocycles. The Morgan fingerprint density at radius 1 is 0.889 bits per heavy atom. The van der Waals surface area contributed by atoms with Gasteiger partial charge in [0.1, 0.15) is 5.82 Å². The zero-order valence-corrected chi connectivity index (χ0v) is 14.2. The molecule has 0 saturated carbocycles. The first-order valence-electron chi connectivity index (χ1n) is 7.44. The summed E-state index contributed by atoms with van der Waals surface area (Å²) in [5.41, 5.74) is -3.45. The number of aromatic nitrogens is 1. The molecule has 2 aromatic carbocycles. The van der Waals surface area contributed by atoms with Gasteiger partial charge in [0.25, 0.3) is 0 Å². The van der Waals surface area contributed by atoms with E-state index in [1.54, 1.807) is 0 Å². The van der Waals surface area contributed by atoms with Crippen LogP contribution in [0, 0.1) is 12.7 Å². The van der Waals surface area contributed by atoms with Crippen LogP contribution in [0.3, 0.4) is 0 Å². The lowest BCUT2D eigenvalue weighted by Crippen LogP contribution is -2.11. The Labute approximate surface area is 153 Å². The van der Waals surface area contributed by atoms with E-state index in [2.05, 4.69) is 4.98 Å². The standard InChI is InChI=1S/C18H9ClF7N/c1-8-15(19)14-12(20)3-2-4-13(14)27-16(8)9-5-10(17(21,22)23)7-11(6-9)18(24,25)26/h2-7H,1H3. The number of pyridine rings is 1. The van der Waals surface area contributed by atoms with Gasteiger partial charge in [-0.15, -0.1) is 0 Å². The molecule has 1 heterocycles. The van der Waals surface area contributed by atoms with Crippen molar-refractivity contribution in [3.8, 4) is 11.3 Å². The summed E-state index contributed by atoms with van der Waals surface area (Å²) in [6.07, 6.45) is -9.98. The number of nitrogens with zero attached hydrogens (tertiary/aromatic N) is 1. The van der Waals surface area contributed by atoms with Crippen molar-refractivity contribution in [1.82, 2.24) is 4.98 Å². The quantitative estimate of drug-likeness (QED) is 0.394. The van der Waals surface area contributed by atoms with Crippen LogP contribution in [-0.2, 0) is 12.4 Å². The SMILES string of the molecule is Cc1c(-c2cc(C(F)(F)F)cc(C(F)(F)F)c2)nc2cccc(F)c2c1Cl. The van der Waals surface area contributed by atoms with E-state index in [0.29, 0.717) is 12.1 Å². The van der Waals surface area contributed by atoms with Crippen LogP contribution in [0.15, 0.2) is 36.4 Å². The number of rotatable bonds is 1. The van der Waals surface area contributed by atoms with Crippen molar-refractivity contribution in [1.29, 1.82) is 0 Å². The molecule has 0 atom stereocenters. The lowest BCUT2D eigenvalue weighted by molar-refractivity contribution is -0.143. The minimum atomic E-state index is -4.99. The van der Waals surface area contributed by atoms with E-state index < -0.39 is 34.9 Å². The highest BCUT2D eigenvalue weighted by Crippen LogP contribution is 2.40. The summed E-state index contributed by atoms with van der Waals surface area (Å²) in [4.78, 5) is 4.05. The van der Waals surface area contributed by atoms with E-state index >= 15 is 0 Å². The number of hydrogen-bond donors (Lipinski definition) is 0. The minimum Gasteiger partial charge on any atom is -0.247 e. The molecular formula is C18H9ClF7N. The van der Waals surface area contributed by atoms with Crippen LogP contribution in [-0.4, -0.2) is 4.98 Å². The molecule has 0 spiro atoms. The zero-order valence-electron chi connectivity index (χ0n) is 13.4. The third-order valence-corrected chi connectivity index (χ3v) is 4.46. The van der Waals surface area contributed by atoms with Gasteiger partial charge in [0.15, 0.2) is 0 Å². The summed E-state index contributed by atoms with van der Waals surface area (Å²) in [7, 11) is 0. The number of halogens is 8. The fourth-order valence-electron chi connectivity index (χ4n) is 2.69. The minimum absolute atomic E-state index is 0.0200. The summed E-state index contributed by atoms with van der Waals surface area (Å²) in [5, 5.41) is -0.178. The summed E-state index contributed by atoms with van der Waals surface area (Å²) < 4.78 is 92.4. The molecule has 9 heteroatoms. The summed E-state index contributed by atoms with van der Waals surface area (Å²) in [6, 6.07) is 4.96. The largest absolute Gasteiger partial charge is 0.416 e. The third-order valence-electron chi connectivity index (χ3n) is 3.99. The molecule has 0 N–H and O–H groups in total. The summed E-state index contributed by atoms with van der Waals surface area (Å²) in [6.45, 7) is 1.35. The average Bonchev–Trinajstić information content (AvgIpc) is 2.56. The molecule has 1 nitrogen and oxygen atoms in total. The predicted molar refractivity (Wildman–Crippen MR) is 86.9 cm³/mol. The van der Waals surface area contributed by atoms with E-state index in [1.165, 1.54) is 19.1 Å². The fraction of sp³-hybridized carbons (Fsp3) is 0.167.